The van der Waals surface area contributed by atoms with Crippen molar-refractivity contribution in [2.45, 2.75) is 64.1 Å². The van der Waals surface area contributed by atoms with E-state index in [2.05, 4.69) is 6.92 Å². The fourth-order valence-electron chi connectivity index (χ4n) is 1.79. The van der Waals surface area contributed by atoms with Gasteiger partial charge in [0.15, 0.2) is 0 Å². The van der Waals surface area contributed by atoms with Crippen LogP contribution in [0.4, 0.5) is 0 Å². The highest BCUT2D eigenvalue weighted by molar-refractivity contribution is 5.73. The van der Waals surface area contributed by atoms with Crippen molar-refractivity contribution < 1.29 is 15.0 Å². The minimum absolute atomic E-state index is 0.305. The zero-order valence-electron chi connectivity index (χ0n) is 12.9. The second kappa shape index (κ2) is 13.6. The van der Waals surface area contributed by atoms with E-state index in [4.69, 9.17) is 5.73 Å². The monoisotopic (exact) mass is 295 g/mol. The van der Waals surface area contributed by atoms with Crippen LogP contribution in [0, 0.1) is 0 Å². The van der Waals surface area contributed by atoms with Crippen molar-refractivity contribution >= 4 is 5.91 Å². The van der Waals surface area contributed by atoms with Crippen LogP contribution in [-0.4, -0.2) is 28.3 Å². The molecule has 0 saturated carbocycles. The molecule has 0 spiro atoms. The first kappa shape index (κ1) is 19.6. The second-order valence-electron chi connectivity index (χ2n) is 5.14. The third-order valence-corrected chi connectivity index (χ3v) is 3.03. The van der Waals surface area contributed by atoms with Gasteiger partial charge in [0.05, 0.1) is 12.2 Å². The Morgan fingerprint density at radius 1 is 0.952 bits per heavy atom. The molecule has 0 aromatic rings. The lowest BCUT2D eigenvalue weighted by Crippen LogP contribution is -2.11. The van der Waals surface area contributed by atoms with Crippen molar-refractivity contribution in [3.63, 3.8) is 0 Å². The van der Waals surface area contributed by atoms with E-state index in [1.54, 1.807) is 30.4 Å². The van der Waals surface area contributed by atoms with Crippen molar-refractivity contribution in [3.05, 3.63) is 36.5 Å². The maximum absolute atomic E-state index is 10.5. The van der Waals surface area contributed by atoms with Crippen LogP contribution in [0.5, 0.6) is 0 Å². The molecule has 0 bridgehead atoms. The minimum atomic E-state index is -0.558. The van der Waals surface area contributed by atoms with Gasteiger partial charge in [0.1, 0.15) is 0 Å². The Morgan fingerprint density at radius 3 is 1.95 bits per heavy atom. The molecule has 21 heavy (non-hydrogen) atoms. The smallest absolute Gasteiger partial charge is 0.217 e. The van der Waals surface area contributed by atoms with Crippen molar-refractivity contribution in [3.8, 4) is 0 Å². The van der Waals surface area contributed by atoms with E-state index in [1.807, 2.05) is 6.08 Å². The van der Waals surface area contributed by atoms with Gasteiger partial charge in [-0.2, -0.15) is 0 Å². The molecule has 0 aliphatic carbocycles. The minimum Gasteiger partial charge on any atom is -0.389 e. The summed E-state index contributed by atoms with van der Waals surface area (Å²) in [5.74, 6) is -0.339. The van der Waals surface area contributed by atoms with Gasteiger partial charge in [-0.3, -0.25) is 4.79 Å². The summed E-state index contributed by atoms with van der Waals surface area (Å²) in [7, 11) is 0. The molecule has 2 atom stereocenters. The number of hydrogen-bond donors (Lipinski definition) is 3. The highest BCUT2D eigenvalue weighted by Gasteiger charge is 2.00. The van der Waals surface area contributed by atoms with Crippen LogP contribution in [0.25, 0.3) is 0 Å². The quantitative estimate of drug-likeness (QED) is 0.382. The molecule has 0 rings (SSSR count). The van der Waals surface area contributed by atoms with Crippen molar-refractivity contribution in [1.82, 2.24) is 0 Å². The standard InChI is InChI=1S/C17H29NO3/c1-2-3-6-10-15(19)11-7-4-5-8-12-16(20)13-9-14-17(18)21/h4-5,7-8,11-12,15-16,19-20H,2-3,6,9-10,13-14H2,1H3,(H2,18,21)/b5-4+,11-7+,12-8-. The normalized spacial score (nSPS) is 15.2. The van der Waals surface area contributed by atoms with Crippen LogP contribution in [-0.2, 0) is 4.79 Å². The van der Waals surface area contributed by atoms with E-state index in [1.165, 1.54) is 0 Å². The number of rotatable bonds is 12. The summed E-state index contributed by atoms with van der Waals surface area (Å²) in [4.78, 5) is 10.5. The van der Waals surface area contributed by atoms with Crippen LogP contribution in [0.15, 0.2) is 36.5 Å². The van der Waals surface area contributed by atoms with Crippen molar-refractivity contribution in [2.24, 2.45) is 5.73 Å². The second-order valence-corrected chi connectivity index (χ2v) is 5.14. The summed E-state index contributed by atoms with van der Waals surface area (Å²) in [5.41, 5.74) is 5.02. The van der Waals surface area contributed by atoms with E-state index in [0.29, 0.717) is 19.3 Å². The predicted molar refractivity (Wildman–Crippen MR) is 86.6 cm³/mol. The van der Waals surface area contributed by atoms with E-state index >= 15 is 0 Å². The van der Waals surface area contributed by atoms with Gasteiger partial charge >= 0.3 is 0 Å². The van der Waals surface area contributed by atoms with Crippen LogP contribution >= 0.6 is 0 Å². The van der Waals surface area contributed by atoms with Gasteiger partial charge < -0.3 is 15.9 Å². The Labute approximate surface area is 128 Å². The molecule has 0 heterocycles. The van der Waals surface area contributed by atoms with Gasteiger partial charge in [0.2, 0.25) is 5.91 Å². The van der Waals surface area contributed by atoms with Gasteiger partial charge in [-0.1, -0.05) is 62.6 Å². The lowest BCUT2D eigenvalue weighted by atomic mass is 10.1. The first-order valence-corrected chi connectivity index (χ1v) is 7.72. The highest BCUT2D eigenvalue weighted by Crippen LogP contribution is 2.04. The molecule has 4 heteroatoms. The van der Waals surface area contributed by atoms with Crippen LogP contribution < -0.4 is 5.73 Å². The molecule has 120 valence electrons. The Kier molecular flexibility index (Phi) is 12.7. The molecular formula is C17H29NO3. The molecular weight excluding hydrogens is 266 g/mol. The molecule has 0 aromatic carbocycles. The average Bonchev–Trinajstić information content (AvgIpc) is 2.42. The summed E-state index contributed by atoms with van der Waals surface area (Å²) in [5, 5.41) is 19.2. The number of nitrogens with two attached hydrogens (primary N) is 1. The Bertz CT molecular complexity index is 348. The third kappa shape index (κ3) is 14.8. The van der Waals surface area contributed by atoms with E-state index < -0.39 is 6.10 Å². The largest absolute Gasteiger partial charge is 0.389 e. The number of carbonyl (C=O) groups excluding carboxylic acids is 1. The third-order valence-electron chi connectivity index (χ3n) is 3.03. The fourth-order valence-corrected chi connectivity index (χ4v) is 1.79. The average molecular weight is 295 g/mol. The van der Waals surface area contributed by atoms with Crippen LogP contribution in [0.1, 0.15) is 51.9 Å². The summed E-state index contributed by atoms with van der Waals surface area (Å²) in [6, 6.07) is 0. The molecule has 0 aliphatic heterocycles. The number of aliphatic hydroxyl groups excluding tert-OH is 2. The van der Waals surface area contributed by atoms with Gasteiger partial charge in [-0.15, -0.1) is 0 Å². The number of unbranched alkanes of at least 4 members (excludes halogenated alkanes) is 2. The number of primary amides is 1. The Balaban J connectivity index is 3.77. The number of hydrogen-bond acceptors (Lipinski definition) is 3. The van der Waals surface area contributed by atoms with Gasteiger partial charge in [0, 0.05) is 6.42 Å². The SMILES string of the molecule is CCCCCC(O)/C=C/C=C/C=C\C(O)CCCC(N)=O. The molecule has 0 aromatic heterocycles. The van der Waals surface area contributed by atoms with Gasteiger partial charge in [-0.25, -0.2) is 0 Å². The highest BCUT2D eigenvalue weighted by atomic mass is 16.3. The lowest BCUT2D eigenvalue weighted by Gasteiger charge is -2.03. The van der Waals surface area contributed by atoms with E-state index in [9.17, 15) is 15.0 Å². The molecule has 0 aliphatic rings. The topological polar surface area (TPSA) is 83.6 Å². The van der Waals surface area contributed by atoms with Crippen LogP contribution in [0.2, 0.25) is 0 Å². The molecule has 4 N–H and O–H groups in total. The van der Waals surface area contributed by atoms with E-state index in [-0.39, 0.29) is 12.0 Å². The van der Waals surface area contributed by atoms with Crippen LogP contribution in [0.3, 0.4) is 0 Å². The summed E-state index contributed by atoms with van der Waals surface area (Å²) >= 11 is 0. The summed E-state index contributed by atoms with van der Waals surface area (Å²) < 4.78 is 0. The first-order chi connectivity index (χ1) is 10.1. The maximum atomic E-state index is 10.5. The van der Waals surface area contributed by atoms with Crippen molar-refractivity contribution in [2.75, 3.05) is 0 Å². The predicted octanol–water partition coefficient (Wildman–Crippen LogP) is 2.61. The fraction of sp³-hybridized carbons (Fsp3) is 0.588. The lowest BCUT2D eigenvalue weighted by molar-refractivity contribution is -0.118. The Hall–Kier alpha value is -1.39. The van der Waals surface area contributed by atoms with Gasteiger partial charge in [-0.05, 0) is 19.3 Å². The molecule has 4 nitrogen and oxygen atoms in total. The number of allylic oxidation sites excluding steroid dienone is 4. The molecule has 0 radical (unpaired) electrons. The maximum Gasteiger partial charge on any atom is 0.217 e. The van der Waals surface area contributed by atoms with E-state index in [0.717, 1.165) is 25.7 Å². The first-order valence-electron chi connectivity index (χ1n) is 7.72. The zero-order valence-corrected chi connectivity index (χ0v) is 12.9. The number of amides is 1. The summed E-state index contributed by atoms with van der Waals surface area (Å²) in [6.45, 7) is 2.14. The molecule has 1 amide bonds. The zero-order chi connectivity index (χ0) is 15.9. The number of carbonyl (C=O) groups is 1. The van der Waals surface area contributed by atoms with Crippen molar-refractivity contribution in [1.29, 1.82) is 0 Å². The molecule has 0 fully saturated rings. The molecule has 2 unspecified atom stereocenters. The summed E-state index contributed by atoms with van der Waals surface area (Å²) in [6.07, 6.45) is 15.2. The Morgan fingerprint density at radius 2 is 1.48 bits per heavy atom. The molecule has 0 saturated heterocycles. The van der Waals surface area contributed by atoms with Gasteiger partial charge in [0.25, 0.3) is 0 Å². The number of aliphatic hydroxyl groups is 2.